The van der Waals surface area contributed by atoms with Crippen molar-refractivity contribution >= 4 is 17.3 Å². The number of halogens is 2. The summed E-state index contributed by atoms with van der Waals surface area (Å²) in [4.78, 5) is 25.0. The maximum absolute atomic E-state index is 13.7. The number of ketones is 1. The first kappa shape index (κ1) is 18.0. The summed E-state index contributed by atoms with van der Waals surface area (Å²) in [5, 5.41) is 0. The lowest BCUT2D eigenvalue weighted by Crippen LogP contribution is -2.34. The third-order valence-electron chi connectivity index (χ3n) is 4.48. The Bertz CT molecular complexity index is 873. The number of carbonyl (C=O) groups excluding carboxylic acids is 2. The van der Waals surface area contributed by atoms with Crippen LogP contribution in [0, 0.1) is 17.6 Å². The Labute approximate surface area is 150 Å². The number of hydrogen-bond acceptors (Lipinski definition) is 3. The molecule has 134 valence electrons. The lowest BCUT2D eigenvalue weighted by atomic mass is 9.73. The molecule has 0 amide bonds. The first-order chi connectivity index (χ1) is 12.5. The minimum Gasteiger partial charge on any atom is -0.465 e. The topological polar surface area (TPSA) is 43.4 Å². The maximum atomic E-state index is 13.7. The van der Waals surface area contributed by atoms with Crippen molar-refractivity contribution in [3.05, 3.63) is 77.4 Å². The standard InChI is InChI=1S/C21H18F2O3/c1-2-26-21(25)20-18(14-6-4-8-17(23)10-14)11-15(12-19(20)24)13-5-3-7-16(22)9-13/h3-10,12,18,20H,2,11H2,1H3. The molecule has 0 aliphatic heterocycles. The molecule has 26 heavy (non-hydrogen) atoms. The van der Waals surface area contributed by atoms with Crippen molar-refractivity contribution in [2.45, 2.75) is 19.3 Å². The molecule has 0 heterocycles. The summed E-state index contributed by atoms with van der Waals surface area (Å²) in [5.41, 5.74) is 1.73. The van der Waals surface area contributed by atoms with Gasteiger partial charge in [0.2, 0.25) is 0 Å². The second-order valence-electron chi connectivity index (χ2n) is 6.18. The van der Waals surface area contributed by atoms with Crippen LogP contribution >= 0.6 is 0 Å². The predicted octanol–water partition coefficient (Wildman–Crippen LogP) is 4.28. The molecule has 0 saturated carbocycles. The summed E-state index contributed by atoms with van der Waals surface area (Å²) < 4.78 is 32.3. The van der Waals surface area contributed by atoms with Crippen LogP contribution in [0.25, 0.3) is 5.57 Å². The number of carbonyl (C=O) groups is 2. The van der Waals surface area contributed by atoms with Crippen molar-refractivity contribution < 1.29 is 23.1 Å². The number of esters is 1. The van der Waals surface area contributed by atoms with Gasteiger partial charge in [-0.2, -0.15) is 0 Å². The molecule has 1 aliphatic carbocycles. The quantitative estimate of drug-likeness (QED) is 0.606. The van der Waals surface area contributed by atoms with E-state index >= 15 is 0 Å². The van der Waals surface area contributed by atoms with Crippen LogP contribution in [0.5, 0.6) is 0 Å². The molecule has 0 radical (unpaired) electrons. The number of hydrogen-bond donors (Lipinski definition) is 0. The number of rotatable bonds is 4. The minimum atomic E-state index is -1.03. The molecule has 1 aliphatic rings. The van der Waals surface area contributed by atoms with Crippen LogP contribution in [0.1, 0.15) is 30.4 Å². The summed E-state index contributed by atoms with van der Waals surface area (Å²) in [6.45, 7) is 1.81. The maximum Gasteiger partial charge on any atom is 0.317 e. The zero-order valence-electron chi connectivity index (χ0n) is 14.2. The Balaban J connectivity index is 2.04. The Morgan fingerprint density at radius 2 is 1.81 bits per heavy atom. The van der Waals surface area contributed by atoms with Crippen molar-refractivity contribution in [3.63, 3.8) is 0 Å². The van der Waals surface area contributed by atoms with Crippen molar-refractivity contribution in [1.82, 2.24) is 0 Å². The fraction of sp³-hybridized carbons (Fsp3) is 0.238. The van der Waals surface area contributed by atoms with E-state index in [0.29, 0.717) is 23.1 Å². The lowest BCUT2D eigenvalue weighted by Gasteiger charge is -2.29. The van der Waals surface area contributed by atoms with Crippen molar-refractivity contribution in [2.75, 3.05) is 6.61 Å². The molecule has 2 unspecified atom stereocenters. The molecule has 2 aromatic carbocycles. The van der Waals surface area contributed by atoms with E-state index in [1.165, 1.54) is 36.4 Å². The molecular weight excluding hydrogens is 338 g/mol. The molecular formula is C21H18F2O3. The number of benzene rings is 2. The van der Waals surface area contributed by atoms with E-state index in [2.05, 4.69) is 0 Å². The van der Waals surface area contributed by atoms with Gasteiger partial charge in [0.15, 0.2) is 5.78 Å². The van der Waals surface area contributed by atoms with E-state index in [-0.39, 0.29) is 6.61 Å². The van der Waals surface area contributed by atoms with E-state index in [1.807, 2.05) is 0 Å². The van der Waals surface area contributed by atoms with Gasteiger partial charge in [-0.1, -0.05) is 24.3 Å². The summed E-state index contributed by atoms with van der Waals surface area (Å²) >= 11 is 0. The van der Waals surface area contributed by atoms with Crippen LogP contribution in [0.2, 0.25) is 0 Å². The van der Waals surface area contributed by atoms with Gasteiger partial charge in [0.1, 0.15) is 17.6 Å². The van der Waals surface area contributed by atoms with E-state index in [0.717, 1.165) is 0 Å². The molecule has 0 fully saturated rings. The van der Waals surface area contributed by atoms with E-state index in [9.17, 15) is 18.4 Å². The Hall–Kier alpha value is -2.82. The predicted molar refractivity (Wildman–Crippen MR) is 93.3 cm³/mol. The van der Waals surface area contributed by atoms with Crippen LogP contribution in [0.4, 0.5) is 8.78 Å². The van der Waals surface area contributed by atoms with Crippen LogP contribution in [0.15, 0.2) is 54.6 Å². The van der Waals surface area contributed by atoms with Crippen LogP contribution in [0.3, 0.4) is 0 Å². The fourth-order valence-corrected chi connectivity index (χ4v) is 3.32. The molecule has 2 atom stereocenters. The van der Waals surface area contributed by atoms with Gasteiger partial charge < -0.3 is 4.74 Å². The highest BCUT2D eigenvalue weighted by molar-refractivity contribution is 6.10. The van der Waals surface area contributed by atoms with E-state index in [1.54, 1.807) is 25.1 Å². The monoisotopic (exact) mass is 356 g/mol. The van der Waals surface area contributed by atoms with E-state index in [4.69, 9.17) is 4.74 Å². The molecule has 0 N–H and O–H groups in total. The van der Waals surface area contributed by atoms with Gasteiger partial charge in [0.25, 0.3) is 0 Å². The molecule has 3 rings (SSSR count). The van der Waals surface area contributed by atoms with Gasteiger partial charge in [-0.3, -0.25) is 9.59 Å². The minimum absolute atomic E-state index is 0.152. The van der Waals surface area contributed by atoms with Gasteiger partial charge in [0.05, 0.1) is 6.61 Å². The third-order valence-corrected chi connectivity index (χ3v) is 4.48. The zero-order chi connectivity index (χ0) is 18.7. The number of allylic oxidation sites excluding steroid dienone is 2. The zero-order valence-corrected chi connectivity index (χ0v) is 14.2. The highest BCUT2D eigenvalue weighted by atomic mass is 19.1. The van der Waals surface area contributed by atoms with Crippen molar-refractivity contribution in [2.24, 2.45) is 5.92 Å². The fourth-order valence-electron chi connectivity index (χ4n) is 3.32. The van der Waals surface area contributed by atoms with Gasteiger partial charge in [0, 0.05) is 5.92 Å². The lowest BCUT2D eigenvalue weighted by molar-refractivity contribution is -0.151. The summed E-state index contributed by atoms with van der Waals surface area (Å²) in [5.74, 6) is -3.50. The molecule has 0 saturated heterocycles. The van der Waals surface area contributed by atoms with Crippen molar-refractivity contribution in [1.29, 1.82) is 0 Å². The first-order valence-corrected chi connectivity index (χ1v) is 8.42. The molecule has 0 bridgehead atoms. The Kier molecular flexibility index (Phi) is 5.26. The van der Waals surface area contributed by atoms with Gasteiger partial charge in [-0.25, -0.2) is 8.78 Å². The average Bonchev–Trinajstić information content (AvgIpc) is 2.61. The highest BCUT2D eigenvalue weighted by Gasteiger charge is 2.39. The molecule has 0 spiro atoms. The molecule has 5 heteroatoms. The second kappa shape index (κ2) is 7.60. The van der Waals surface area contributed by atoms with Crippen LogP contribution in [-0.2, 0) is 14.3 Å². The average molecular weight is 356 g/mol. The smallest absolute Gasteiger partial charge is 0.317 e. The number of ether oxygens (including phenoxy) is 1. The van der Waals surface area contributed by atoms with Crippen LogP contribution < -0.4 is 0 Å². The highest BCUT2D eigenvalue weighted by Crippen LogP contribution is 2.40. The summed E-state index contributed by atoms with van der Waals surface area (Å²) in [7, 11) is 0. The second-order valence-corrected chi connectivity index (χ2v) is 6.18. The largest absolute Gasteiger partial charge is 0.465 e. The van der Waals surface area contributed by atoms with Crippen LogP contribution in [-0.4, -0.2) is 18.4 Å². The SMILES string of the molecule is CCOC(=O)C1C(=O)C=C(c2cccc(F)c2)CC1c1cccc(F)c1. The summed E-state index contributed by atoms with van der Waals surface area (Å²) in [6, 6.07) is 11.8. The Morgan fingerprint density at radius 1 is 1.12 bits per heavy atom. The molecule has 0 aromatic heterocycles. The molecule has 3 nitrogen and oxygen atoms in total. The normalized spacial score (nSPS) is 19.8. The summed E-state index contributed by atoms with van der Waals surface area (Å²) in [6.07, 6.45) is 1.67. The third kappa shape index (κ3) is 3.72. The Morgan fingerprint density at radius 3 is 2.46 bits per heavy atom. The van der Waals surface area contributed by atoms with Gasteiger partial charge >= 0.3 is 5.97 Å². The van der Waals surface area contributed by atoms with Gasteiger partial charge in [-0.05, 0) is 60.4 Å². The first-order valence-electron chi connectivity index (χ1n) is 8.42. The van der Waals surface area contributed by atoms with Gasteiger partial charge in [-0.15, -0.1) is 0 Å². The van der Waals surface area contributed by atoms with Crippen molar-refractivity contribution in [3.8, 4) is 0 Å². The molecule has 2 aromatic rings. The van der Waals surface area contributed by atoms with E-state index < -0.39 is 35.2 Å².